The molecule has 2 bridgehead atoms. The van der Waals surface area contributed by atoms with Gasteiger partial charge in [-0.1, -0.05) is 11.3 Å². The van der Waals surface area contributed by atoms with Crippen LogP contribution in [0.15, 0.2) is 40.3 Å². The van der Waals surface area contributed by atoms with Gasteiger partial charge in [-0.2, -0.15) is 0 Å². The van der Waals surface area contributed by atoms with E-state index in [-0.39, 0.29) is 0 Å². The summed E-state index contributed by atoms with van der Waals surface area (Å²) in [6.07, 6.45) is 12.6. The molecule has 3 saturated heterocycles. The Bertz CT molecular complexity index is 1150. The Morgan fingerprint density at radius 3 is 2.97 bits per heavy atom. The number of H-pyrrole nitrogens is 1. The third kappa shape index (κ3) is 3.23. The molecule has 8 heteroatoms. The van der Waals surface area contributed by atoms with Crippen LogP contribution in [0.3, 0.4) is 0 Å². The van der Waals surface area contributed by atoms with Gasteiger partial charge in [-0.3, -0.25) is 0 Å². The van der Waals surface area contributed by atoms with E-state index in [2.05, 4.69) is 39.6 Å². The molecule has 154 valence electrons. The van der Waals surface area contributed by atoms with Gasteiger partial charge in [-0.15, -0.1) is 15.9 Å². The van der Waals surface area contributed by atoms with Crippen LogP contribution in [-0.4, -0.2) is 39.0 Å². The Morgan fingerprint density at radius 2 is 2.20 bits per heavy atom. The standard InChI is InChI=1S/C22H24N5OS2/c1-14-8-24-21(17(14)7-16-6-15-2-4-26(16)5-3-15)18-11-29-22(25-18)19-10-27(13-30-19)20-9-23-12-28-20/h8-13,15-16,24H,2-7H2,1H3/q+1. The summed E-state index contributed by atoms with van der Waals surface area (Å²) in [5, 5.41) is 3.21. The van der Waals surface area contributed by atoms with E-state index in [0.717, 1.165) is 27.9 Å². The van der Waals surface area contributed by atoms with Gasteiger partial charge in [0.1, 0.15) is 16.1 Å². The summed E-state index contributed by atoms with van der Waals surface area (Å²) in [5.41, 5.74) is 7.05. The van der Waals surface area contributed by atoms with Gasteiger partial charge in [-0.25, -0.2) is 9.97 Å². The number of nitrogens with one attached hydrogen (secondary N) is 1. The number of rotatable bonds is 5. The van der Waals surface area contributed by atoms with Gasteiger partial charge >= 0.3 is 5.88 Å². The number of hydrogen-bond donors (Lipinski definition) is 1. The zero-order valence-corrected chi connectivity index (χ0v) is 18.5. The summed E-state index contributed by atoms with van der Waals surface area (Å²) in [6.45, 7) is 4.77. The number of fused-ring (bicyclic) bond motifs is 3. The van der Waals surface area contributed by atoms with E-state index in [0.29, 0.717) is 11.9 Å². The molecule has 3 fully saturated rings. The zero-order valence-electron chi connectivity index (χ0n) is 16.9. The number of hydrogen-bond acceptors (Lipinski definition) is 6. The van der Waals surface area contributed by atoms with Gasteiger partial charge in [0.15, 0.2) is 12.6 Å². The molecular formula is C22H24N5OS2+. The van der Waals surface area contributed by atoms with Crippen LogP contribution in [0.1, 0.15) is 30.4 Å². The van der Waals surface area contributed by atoms with Gasteiger partial charge in [0, 0.05) is 17.6 Å². The second kappa shape index (κ2) is 7.44. The van der Waals surface area contributed by atoms with Gasteiger partial charge in [0.05, 0.1) is 11.4 Å². The van der Waals surface area contributed by atoms with Gasteiger partial charge in [0.2, 0.25) is 5.51 Å². The number of aromatic nitrogens is 4. The van der Waals surface area contributed by atoms with Crippen molar-refractivity contribution in [2.24, 2.45) is 5.92 Å². The summed E-state index contributed by atoms with van der Waals surface area (Å²) in [5.74, 6) is 1.65. The van der Waals surface area contributed by atoms with Crippen LogP contribution in [0.2, 0.25) is 0 Å². The number of aromatic amines is 1. The molecule has 1 unspecified atom stereocenters. The molecule has 0 amide bonds. The van der Waals surface area contributed by atoms with E-state index in [1.165, 1.54) is 55.6 Å². The fourth-order valence-corrected chi connectivity index (χ4v) is 6.65. The molecule has 0 saturated carbocycles. The number of thiazole rings is 2. The first-order valence-corrected chi connectivity index (χ1v) is 12.3. The highest BCUT2D eigenvalue weighted by atomic mass is 32.1. The second-order valence-corrected chi connectivity index (χ2v) is 10.1. The van der Waals surface area contributed by atoms with Crippen molar-refractivity contribution < 1.29 is 8.98 Å². The molecule has 3 aliphatic rings. The van der Waals surface area contributed by atoms with Crippen LogP contribution in [0.25, 0.3) is 27.2 Å². The van der Waals surface area contributed by atoms with Crippen molar-refractivity contribution in [1.29, 1.82) is 0 Å². The first-order valence-electron chi connectivity index (χ1n) is 10.5. The minimum Gasteiger partial charge on any atom is -0.392 e. The minimum atomic E-state index is 0.682. The molecular weight excluding hydrogens is 414 g/mol. The van der Waals surface area contributed by atoms with E-state index in [4.69, 9.17) is 9.40 Å². The normalized spacial score (nSPS) is 23.3. The molecule has 6 nitrogen and oxygen atoms in total. The fraction of sp³-hybridized carbons (Fsp3) is 0.409. The lowest BCUT2D eigenvalue weighted by Gasteiger charge is -2.45. The predicted octanol–water partition coefficient (Wildman–Crippen LogP) is 4.47. The van der Waals surface area contributed by atoms with Crippen molar-refractivity contribution in [3.05, 3.63) is 47.0 Å². The molecule has 0 aromatic carbocycles. The SMILES string of the molecule is Cc1c[nH]c(-c2csc(-c3c[n+](-c4cnco4)cs3)n2)c1CC1CC2CCN1CC2. The van der Waals surface area contributed by atoms with Crippen molar-refractivity contribution in [1.82, 2.24) is 19.9 Å². The lowest BCUT2D eigenvalue weighted by molar-refractivity contribution is -0.603. The maximum atomic E-state index is 5.39. The summed E-state index contributed by atoms with van der Waals surface area (Å²) >= 11 is 3.36. The van der Waals surface area contributed by atoms with E-state index < -0.39 is 0 Å². The summed E-state index contributed by atoms with van der Waals surface area (Å²) in [7, 11) is 0. The number of piperidine rings is 3. The van der Waals surface area contributed by atoms with Crippen molar-refractivity contribution in [2.75, 3.05) is 13.1 Å². The topological polar surface area (TPSA) is 61.8 Å². The second-order valence-electron chi connectivity index (χ2n) is 8.40. The van der Waals surface area contributed by atoms with Crippen molar-refractivity contribution in [3.63, 3.8) is 0 Å². The molecule has 3 aliphatic heterocycles. The molecule has 30 heavy (non-hydrogen) atoms. The molecule has 4 aromatic rings. The molecule has 0 radical (unpaired) electrons. The van der Waals surface area contributed by atoms with E-state index in [9.17, 15) is 0 Å². The van der Waals surface area contributed by atoms with E-state index >= 15 is 0 Å². The van der Waals surface area contributed by atoms with Crippen LogP contribution in [0, 0.1) is 12.8 Å². The minimum absolute atomic E-state index is 0.682. The number of aryl methyl sites for hydroxylation is 1. The predicted molar refractivity (Wildman–Crippen MR) is 118 cm³/mol. The highest BCUT2D eigenvalue weighted by molar-refractivity contribution is 7.19. The lowest BCUT2D eigenvalue weighted by Crippen LogP contribution is -2.49. The molecule has 0 spiro atoms. The molecule has 0 aliphatic carbocycles. The van der Waals surface area contributed by atoms with Crippen molar-refractivity contribution in [3.8, 4) is 27.2 Å². The maximum absolute atomic E-state index is 5.39. The first kappa shape index (κ1) is 18.5. The molecule has 1 N–H and O–H groups in total. The Kier molecular flexibility index (Phi) is 4.58. The fourth-order valence-electron chi connectivity index (χ4n) is 4.94. The summed E-state index contributed by atoms with van der Waals surface area (Å²) < 4.78 is 7.34. The Balaban J connectivity index is 1.27. The quantitative estimate of drug-likeness (QED) is 0.467. The highest BCUT2D eigenvalue weighted by Crippen LogP contribution is 2.37. The molecule has 7 rings (SSSR count). The van der Waals surface area contributed by atoms with Crippen LogP contribution in [-0.2, 0) is 6.42 Å². The molecule has 1 atom stereocenters. The van der Waals surface area contributed by atoms with Crippen LogP contribution >= 0.6 is 22.7 Å². The average molecular weight is 439 g/mol. The Morgan fingerprint density at radius 1 is 1.30 bits per heavy atom. The van der Waals surface area contributed by atoms with Crippen LogP contribution < -0.4 is 4.57 Å². The smallest absolute Gasteiger partial charge is 0.392 e. The van der Waals surface area contributed by atoms with Gasteiger partial charge < -0.3 is 14.3 Å². The molecule has 4 aromatic heterocycles. The number of oxazole rings is 1. The van der Waals surface area contributed by atoms with Crippen LogP contribution in [0.4, 0.5) is 0 Å². The largest absolute Gasteiger partial charge is 0.399 e. The highest BCUT2D eigenvalue weighted by Gasteiger charge is 2.34. The molecule has 7 heterocycles. The number of nitrogens with zero attached hydrogens (tertiary/aromatic N) is 4. The average Bonchev–Trinajstić information content (AvgIpc) is 3.56. The van der Waals surface area contributed by atoms with Crippen LogP contribution in [0.5, 0.6) is 0 Å². The summed E-state index contributed by atoms with van der Waals surface area (Å²) in [6, 6.07) is 0.682. The van der Waals surface area contributed by atoms with Gasteiger partial charge in [-0.05, 0) is 62.7 Å². The summed E-state index contributed by atoms with van der Waals surface area (Å²) in [4.78, 5) is 16.3. The van der Waals surface area contributed by atoms with Gasteiger partial charge in [0.25, 0.3) is 0 Å². The lowest BCUT2D eigenvalue weighted by atomic mass is 9.81. The third-order valence-corrected chi connectivity index (χ3v) is 8.51. The Hall–Kier alpha value is -2.29. The van der Waals surface area contributed by atoms with Crippen molar-refractivity contribution in [2.45, 2.75) is 38.6 Å². The van der Waals surface area contributed by atoms with Crippen molar-refractivity contribution >= 4 is 22.7 Å². The van der Waals surface area contributed by atoms with E-state index in [1.54, 1.807) is 28.9 Å². The first-order chi connectivity index (χ1) is 14.7. The Labute approximate surface area is 183 Å². The van der Waals surface area contributed by atoms with E-state index in [1.807, 2.05) is 10.1 Å². The third-order valence-electron chi connectivity index (χ3n) is 6.62. The monoisotopic (exact) mass is 438 g/mol. The maximum Gasteiger partial charge on any atom is 0.399 e. The zero-order chi connectivity index (χ0) is 20.1.